The molecule has 5 heteroatoms. The normalized spacial score (nSPS) is 29.5. The van der Waals surface area contributed by atoms with Crippen molar-refractivity contribution in [3.05, 3.63) is 33.4 Å². The molecule has 1 aromatic rings. The van der Waals surface area contributed by atoms with Crippen LogP contribution in [0.5, 0.6) is 0 Å². The van der Waals surface area contributed by atoms with E-state index in [4.69, 9.17) is 0 Å². The maximum absolute atomic E-state index is 12.3. The number of fused-ring (bicyclic) bond motifs is 1. The van der Waals surface area contributed by atoms with Gasteiger partial charge in [-0.15, -0.1) is 0 Å². The molecule has 1 aliphatic heterocycles. The number of nitrogens with one attached hydrogen (secondary N) is 2. The fourth-order valence-electron chi connectivity index (χ4n) is 4.02. The summed E-state index contributed by atoms with van der Waals surface area (Å²) in [5, 5.41) is 6.19. The lowest BCUT2D eigenvalue weighted by Gasteiger charge is -2.41. The molecule has 0 radical (unpaired) electrons. The predicted molar refractivity (Wildman–Crippen MR) is 103 cm³/mol. The fraction of sp³-hybridized carbons (Fsp3) is 0.579. The summed E-state index contributed by atoms with van der Waals surface area (Å²) in [6.45, 7) is 2.82. The molecule has 1 saturated carbocycles. The van der Waals surface area contributed by atoms with Crippen LogP contribution in [0.3, 0.4) is 0 Å². The minimum atomic E-state index is -0.0550. The minimum Gasteiger partial charge on any atom is -0.353 e. The molecule has 1 saturated heterocycles. The number of carbonyl (C=O) groups excluding carboxylic acids is 2. The highest BCUT2D eigenvalue weighted by molar-refractivity contribution is 14.1. The van der Waals surface area contributed by atoms with Gasteiger partial charge in [0.15, 0.2) is 0 Å². The number of benzene rings is 1. The van der Waals surface area contributed by atoms with Crippen molar-refractivity contribution in [3.63, 3.8) is 0 Å². The Bertz CT molecular complexity index is 619. The Kier molecular flexibility index (Phi) is 5.79. The molecule has 2 N–H and O–H groups in total. The third-order valence-electron chi connectivity index (χ3n) is 5.44. The molecule has 1 aromatic carbocycles. The molecule has 4 atom stereocenters. The first kappa shape index (κ1) is 17.7. The van der Waals surface area contributed by atoms with Crippen molar-refractivity contribution < 1.29 is 9.59 Å². The first-order chi connectivity index (χ1) is 11.5. The fourth-order valence-corrected chi connectivity index (χ4v) is 4.66. The van der Waals surface area contributed by atoms with Crippen molar-refractivity contribution in [2.75, 3.05) is 6.54 Å². The van der Waals surface area contributed by atoms with Crippen molar-refractivity contribution in [1.29, 1.82) is 0 Å². The van der Waals surface area contributed by atoms with Gasteiger partial charge in [-0.2, -0.15) is 0 Å². The van der Waals surface area contributed by atoms with Crippen LogP contribution in [0.1, 0.15) is 49.4 Å². The average molecular weight is 440 g/mol. The number of carbonyl (C=O) groups is 2. The maximum Gasteiger partial charge on any atom is 0.252 e. The van der Waals surface area contributed by atoms with Crippen LogP contribution in [-0.4, -0.2) is 24.4 Å². The van der Waals surface area contributed by atoms with E-state index in [0.717, 1.165) is 28.8 Å². The minimum absolute atomic E-state index is 0.0369. The molecular formula is C19H25IN2O2. The predicted octanol–water partition coefficient (Wildman–Crippen LogP) is 3.35. The van der Waals surface area contributed by atoms with Crippen LogP contribution < -0.4 is 10.6 Å². The molecule has 24 heavy (non-hydrogen) atoms. The van der Waals surface area contributed by atoms with E-state index in [0.29, 0.717) is 24.1 Å². The van der Waals surface area contributed by atoms with E-state index in [2.05, 4.69) is 40.1 Å². The smallest absolute Gasteiger partial charge is 0.252 e. The highest BCUT2D eigenvalue weighted by atomic mass is 127. The van der Waals surface area contributed by atoms with Gasteiger partial charge in [-0.05, 0) is 72.2 Å². The summed E-state index contributed by atoms with van der Waals surface area (Å²) in [7, 11) is 0. The molecule has 2 fully saturated rings. The Balaban J connectivity index is 1.49. The standard InChI is InChI=1S/C19H25IN2O2/c1-12-6-7-13-11-14(18(23)22-17(13)10-12)8-9-21-19(24)15-4-2-3-5-16(15)20/h2-5,12-14,17H,6-11H2,1H3,(H,21,24)(H,22,23). The lowest BCUT2D eigenvalue weighted by Crippen LogP contribution is -2.52. The summed E-state index contributed by atoms with van der Waals surface area (Å²) in [4.78, 5) is 24.6. The van der Waals surface area contributed by atoms with Crippen LogP contribution in [0.2, 0.25) is 0 Å². The summed E-state index contributed by atoms with van der Waals surface area (Å²) in [5.41, 5.74) is 0.701. The SMILES string of the molecule is CC1CCC2CC(CCNC(=O)c3ccccc3I)C(=O)NC2C1. The van der Waals surface area contributed by atoms with E-state index < -0.39 is 0 Å². The number of hydrogen-bond acceptors (Lipinski definition) is 2. The summed E-state index contributed by atoms with van der Waals surface area (Å²) in [6, 6.07) is 7.92. The van der Waals surface area contributed by atoms with Gasteiger partial charge in [0, 0.05) is 22.1 Å². The average Bonchev–Trinajstić information content (AvgIpc) is 2.55. The second-order valence-electron chi connectivity index (χ2n) is 7.25. The largest absolute Gasteiger partial charge is 0.353 e. The third-order valence-corrected chi connectivity index (χ3v) is 6.38. The van der Waals surface area contributed by atoms with Crippen LogP contribution in [-0.2, 0) is 4.79 Å². The van der Waals surface area contributed by atoms with Crippen LogP contribution in [0.25, 0.3) is 0 Å². The zero-order chi connectivity index (χ0) is 17.1. The van der Waals surface area contributed by atoms with Crippen molar-refractivity contribution in [2.45, 2.75) is 45.1 Å². The van der Waals surface area contributed by atoms with E-state index in [1.54, 1.807) is 0 Å². The number of amides is 2. The highest BCUT2D eigenvalue weighted by Crippen LogP contribution is 2.36. The Hall–Kier alpha value is -1.11. The van der Waals surface area contributed by atoms with Crippen LogP contribution in [0.4, 0.5) is 0 Å². The first-order valence-electron chi connectivity index (χ1n) is 8.87. The second-order valence-corrected chi connectivity index (χ2v) is 8.41. The molecule has 2 amide bonds. The van der Waals surface area contributed by atoms with Crippen molar-refractivity contribution in [2.24, 2.45) is 17.8 Å². The molecule has 0 bridgehead atoms. The molecule has 2 aliphatic rings. The zero-order valence-corrected chi connectivity index (χ0v) is 16.2. The quantitative estimate of drug-likeness (QED) is 0.706. The van der Waals surface area contributed by atoms with E-state index in [1.807, 2.05) is 24.3 Å². The van der Waals surface area contributed by atoms with Gasteiger partial charge in [0.25, 0.3) is 5.91 Å². The van der Waals surface area contributed by atoms with Crippen molar-refractivity contribution in [1.82, 2.24) is 10.6 Å². The monoisotopic (exact) mass is 440 g/mol. The van der Waals surface area contributed by atoms with E-state index in [1.165, 1.54) is 12.8 Å². The van der Waals surface area contributed by atoms with Gasteiger partial charge >= 0.3 is 0 Å². The Labute approximate surface area is 157 Å². The lowest BCUT2D eigenvalue weighted by atomic mass is 9.72. The van der Waals surface area contributed by atoms with Crippen molar-refractivity contribution in [3.8, 4) is 0 Å². The Morgan fingerprint density at radius 1 is 1.29 bits per heavy atom. The molecule has 0 aromatic heterocycles. The molecular weight excluding hydrogens is 415 g/mol. The zero-order valence-electron chi connectivity index (χ0n) is 14.1. The number of hydrogen-bond donors (Lipinski definition) is 2. The molecule has 4 unspecified atom stereocenters. The summed E-state index contributed by atoms with van der Waals surface area (Å²) in [6.07, 6.45) is 5.30. The Morgan fingerprint density at radius 2 is 2.08 bits per heavy atom. The molecule has 1 aliphatic carbocycles. The van der Waals surface area contributed by atoms with Gasteiger partial charge in [-0.25, -0.2) is 0 Å². The first-order valence-corrected chi connectivity index (χ1v) is 9.95. The van der Waals surface area contributed by atoms with E-state index in [9.17, 15) is 9.59 Å². The van der Waals surface area contributed by atoms with Gasteiger partial charge in [-0.3, -0.25) is 9.59 Å². The van der Waals surface area contributed by atoms with Gasteiger partial charge in [0.1, 0.15) is 0 Å². The van der Waals surface area contributed by atoms with E-state index in [-0.39, 0.29) is 17.7 Å². The van der Waals surface area contributed by atoms with Gasteiger partial charge in [-0.1, -0.05) is 25.5 Å². The topological polar surface area (TPSA) is 58.2 Å². The molecule has 130 valence electrons. The Morgan fingerprint density at radius 3 is 2.88 bits per heavy atom. The number of rotatable bonds is 4. The highest BCUT2D eigenvalue weighted by Gasteiger charge is 2.38. The van der Waals surface area contributed by atoms with Crippen LogP contribution in [0, 0.1) is 21.3 Å². The van der Waals surface area contributed by atoms with Crippen LogP contribution >= 0.6 is 22.6 Å². The summed E-state index contributed by atoms with van der Waals surface area (Å²) >= 11 is 2.17. The maximum atomic E-state index is 12.3. The third kappa shape index (κ3) is 4.10. The molecule has 0 spiro atoms. The van der Waals surface area contributed by atoms with Gasteiger partial charge < -0.3 is 10.6 Å². The second kappa shape index (κ2) is 7.85. The molecule has 3 rings (SSSR count). The molecule has 4 nitrogen and oxygen atoms in total. The van der Waals surface area contributed by atoms with Gasteiger partial charge in [0.05, 0.1) is 5.56 Å². The summed E-state index contributed by atoms with van der Waals surface area (Å²) < 4.78 is 0.946. The van der Waals surface area contributed by atoms with Gasteiger partial charge in [0.2, 0.25) is 5.91 Å². The lowest BCUT2D eigenvalue weighted by molar-refractivity contribution is -0.130. The number of halogens is 1. The summed E-state index contributed by atoms with van der Waals surface area (Å²) in [5.74, 6) is 1.50. The van der Waals surface area contributed by atoms with E-state index >= 15 is 0 Å². The van der Waals surface area contributed by atoms with Crippen LogP contribution in [0.15, 0.2) is 24.3 Å². The molecule has 1 heterocycles. The number of piperidine rings is 1. The van der Waals surface area contributed by atoms with Crippen molar-refractivity contribution >= 4 is 34.4 Å².